The SMILES string of the molecule is COc1ccc(N2CCN3c4cc(OC)ccc4C[C@H](C(=O)NCc4ccccc4F)[C@@H]3C2)cc1. The van der Waals surface area contributed by atoms with E-state index in [0.29, 0.717) is 18.5 Å². The molecule has 5 rings (SSSR count). The van der Waals surface area contributed by atoms with Crippen LogP contribution < -0.4 is 24.6 Å². The van der Waals surface area contributed by atoms with Crippen LogP contribution in [-0.4, -0.2) is 45.8 Å². The minimum Gasteiger partial charge on any atom is -0.497 e. The van der Waals surface area contributed by atoms with Crippen molar-refractivity contribution in [2.45, 2.75) is 19.0 Å². The first-order valence-electron chi connectivity index (χ1n) is 11.9. The summed E-state index contributed by atoms with van der Waals surface area (Å²) >= 11 is 0. The van der Waals surface area contributed by atoms with Gasteiger partial charge in [-0.25, -0.2) is 4.39 Å². The summed E-state index contributed by atoms with van der Waals surface area (Å²) in [5, 5.41) is 3.00. The van der Waals surface area contributed by atoms with Gasteiger partial charge in [0.05, 0.1) is 26.2 Å². The molecule has 0 saturated carbocycles. The topological polar surface area (TPSA) is 54.0 Å². The molecule has 0 unspecified atom stereocenters. The van der Waals surface area contributed by atoms with Gasteiger partial charge in [-0.3, -0.25) is 4.79 Å². The lowest BCUT2D eigenvalue weighted by Gasteiger charge is -2.49. The molecule has 0 radical (unpaired) electrons. The van der Waals surface area contributed by atoms with Gasteiger partial charge in [0.1, 0.15) is 17.3 Å². The molecule has 0 aromatic heterocycles. The standard InChI is InChI=1S/C28H30FN3O3/c1-34-22-11-8-21(9-12-22)31-13-14-32-26-16-23(35-2)10-7-19(26)15-24(27(32)18-31)28(33)30-17-20-5-3-4-6-25(20)29/h3-12,16,24,27H,13-15,17-18H2,1-2H3,(H,30,33)/t24-,27-/m0/s1. The highest BCUT2D eigenvalue weighted by molar-refractivity contribution is 5.82. The Labute approximate surface area is 205 Å². The predicted octanol–water partition coefficient (Wildman–Crippen LogP) is 4.03. The first kappa shape index (κ1) is 23.0. The number of methoxy groups -OCH3 is 2. The summed E-state index contributed by atoms with van der Waals surface area (Å²) < 4.78 is 24.9. The van der Waals surface area contributed by atoms with Gasteiger partial charge in [0.15, 0.2) is 0 Å². The van der Waals surface area contributed by atoms with E-state index in [1.54, 1.807) is 32.4 Å². The van der Waals surface area contributed by atoms with Crippen molar-refractivity contribution in [3.05, 3.63) is 83.7 Å². The summed E-state index contributed by atoms with van der Waals surface area (Å²) in [6.45, 7) is 2.50. The number of hydrogen-bond donors (Lipinski definition) is 1. The lowest BCUT2D eigenvalue weighted by atomic mass is 9.83. The number of carbonyl (C=O) groups is 1. The second-order valence-electron chi connectivity index (χ2n) is 9.02. The van der Waals surface area contributed by atoms with Crippen LogP contribution in [0.1, 0.15) is 11.1 Å². The van der Waals surface area contributed by atoms with E-state index in [0.717, 1.165) is 41.5 Å². The first-order valence-corrected chi connectivity index (χ1v) is 11.9. The van der Waals surface area contributed by atoms with Gasteiger partial charge in [-0.2, -0.15) is 0 Å². The predicted molar refractivity (Wildman–Crippen MR) is 135 cm³/mol. The molecule has 2 atom stereocenters. The summed E-state index contributed by atoms with van der Waals surface area (Å²) in [5.41, 5.74) is 3.85. The van der Waals surface area contributed by atoms with E-state index in [1.165, 1.54) is 6.07 Å². The van der Waals surface area contributed by atoms with Gasteiger partial charge in [0.2, 0.25) is 5.91 Å². The van der Waals surface area contributed by atoms with Gasteiger partial charge in [0.25, 0.3) is 0 Å². The third-order valence-corrected chi connectivity index (χ3v) is 7.11. The molecule has 0 bridgehead atoms. The number of hydrogen-bond acceptors (Lipinski definition) is 5. The fraction of sp³-hybridized carbons (Fsp3) is 0.321. The van der Waals surface area contributed by atoms with Crippen LogP contribution in [0.25, 0.3) is 0 Å². The van der Waals surface area contributed by atoms with Gasteiger partial charge in [0, 0.05) is 49.2 Å². The molecular formula is C28H30FN3O3. The molecule has 2 heterocycles. The number of halogens is 1. The van der Waals surface area contributed by atoms with Crippen molar-refractivity contribution >= 4 is 17.3 Å². The van der Waals surface area contributed by atoms with Crippen LogP contribution in [0.5, 0.6) is 11.5 Å². The zero-order valence-electron chi connectivity index (χ0n) is 20.0. The quantitative estimate of drug-likeness (QED) is 0.584. The van der Waals surface area contributed by atoms with E-state index < -0.39 is 0 Å². The highest BCUT2D eigenvalue weighted by Crippen LogP contribution is 2.39. The van der Waals surface area contributed by atoms with Gasteiger partial charge < -0.3 is 24.6 Å². The van der Waals surface area contributed by atoms with Crippen molar-refractivity contribution in [2.75, 3.05) is 43.7 Å². The molecular weight excluding hydrogens is 445 g/mol. The van der Waals surface area contributed by atoms with E-state index in [4.69, 9.17) is 9.47 Å². The summed E-state index contributed by atoms with van der Waals surface area (Å²) in [6.07, 6.45) is 0.625. The Morgan fingerprint density at radius 1 is 1.00 bits per heavy atom. The Bertz CT molecular complexity index is 1200. The monoisotopic (exact) mass is 475 g/mol. The van der Waals surface area contributed by atoms with Crippen LogP contribution in [0.3, 0.4) is 0 Å². The fourth-order valence-electron chi connectivity index (χ4n) is 5.19. The Balaban J connectivity index is 1.41. The lowest BCUT2D eigenvalue weighted by Crippen LogP contribution is -2.61. The van der Waals surface area contributed by atoms with Crippen LogP contribution in [0.15, 0.2) is 66.7 Å². The maximum atomic E-state index is 14.1. The average molecular weight is 476 g/mol. The number of rotatable bonds is 6. The lowest BCUT2D eigenvalue weighted by molar-refractivity contribution is -0.126. The number of amides is 1. The number of nitrogens with one attached hydrogen (secondary N) is 1. The Morgan fingerprint density at radius 3 is 2.49 bits per heavy atom. The van der Waals surface area contributed by atoms with Gasteiger partial charge in [-0.1, -0.05) is 24.3 Å². The average Bonchev–Trinajstić information content (AvgIpc) is 2.91. The second kappa shape index (κ2) is 9.86. The summed E-state index contributed by atoms with van der Waals surface area (Å²) in [7, 11) is 3.33. The highest BCUT2D eigenvalue weighted by atomic mass is 19.1. The van der Waals surface area contributed by atoms with Crippen LogP contribution in [-0.2, 0) is 17.8 Å². The van der Waals surface area contributed by atoms with Crippen molar-refractivity contribution in [2.24, 2.45) is 5.92 Å². The van der Waals surface area contributed by atoms with E-state index in [-0.39, 0.29) is 30.2 Å². The number of carbonyl (C=O) groups excluding carboxylic acids is 1. The minimum atomic E-state index is -0.307. The maximum Gasteiger partial charge on any atom is 0.225 e. The molecule has 35 heavy (non-hydrogen) atoms. The number of benzene rings is 3. The zero-order valence-corrected chi connectivity index (χ0v) is 20.0. The largest absolute Gasteiger partial charge is 0.497 e. The normalized spacial score (nSPS) is 18.9. The molecule has 6 nitrogen and oxygen atoms in total. The summed E-state index contributed by atoms with van der Waals surface area (Å²) in [6, 6.07) is 20.6. The number of anilines is 2. The third kappa shape index (κ3) is 4.63. The molecule has 1 amide bonds. The highest BCUT2D eigenvalue weighted by Gasteiger charge is 2.41. The molecule has 0 spiro atoms. The third-order valence-electron chi connectivity index (χ3n) is 7.11. The smallest absolute Gasteiger partial charge is 0.225 e. The Morgan fingerprint density at radius 2 is 1.74 bits per heavy atom. The molecule has 3 aromatic rings. The van der Waals surface area contributed by atoms with Crippen LogP contribution in [0.4, 0.5) is 15.8 Å². The van der Waals surface area contributed by atoms with Crippen LogP contribution >= 0.6 is 0 Å². The zero-order chi connectivity index (χ0) is 24.4. The number of fused-ring (bicyclic) bond motifs is 3. The molecule has 0 aliphatic carbocycles. The molecule has 1 N–H and O–H groups in total. The fourth-order valence-corrected chi connectivity index (χ4v) is 5.19. The van der Waals surface area contributed by atoms with E-state index in [9.17, 15) is 9.18 Å². The number of ether oxygens (including phenoxy) is 2. The maximum absolute atomic E-state index is 14.1. The van der Waals surface area contributed by atoms with Crippen LogP contribution in [0, 0.1) is 11.7 Å². The molecule has 2 aliphatic heterocycles. The molecule has 182 valence electrons. The summed E-state index contributed by atoms with van der Waals surface area (Å²) in [4.78, 5) is 18.1. The Kier molecular flexibility index (Phi) is 6.49. The Hall–Kier alpha value is -3.74. The van der Waals surface area contributed by atoms with Gasteiger partial charge in [-0.05, 0) is 48.4 Å². The van der Waals surface area contributed by atoms with Crippen molar-refractivity contribution in [1.29, 1.82) is 0 Å². The summed E-state index contributed by atoms with van der Waals surface area (Å²) in [5.74, 6) is 1.00. The number of piperazine rings is 1. The molecule has 1 fully saturated rings. The van der Waals surface area contributed by atoms with E-state index in [1.807, 2.05) is 18.2 Å². The van der Waals surface area contributed by atoms with E-state index in [2.05, 4.69) is 39.4 Å². The van der Waals surface area contributed by atoms with E-state index >= 15 is 0 Å². The van der Waals surface area contributed by atoms with Crippen molar-refractivity contribution in [3.8, 4) is 11.5 Å². The molecule has 3 aromatic carbocycles. The van der Waals surface area contributed by atoms with Gasteiger partial charge >= 0.3 is 0 Å². The van der Waals surface area contributed by atoms with Crippen molar-refractivity contribution in [1.82, 2.24) is 5.32 Å². The van der Waals surface area contributed by atoms with Crippen molar-refractivity contribution in [3.63, 3.8) is 0 Å². The second-order valence-corrected chi connectivity index (χ2v) is 9.02. The van der Waals surface area contributed by atoms with Crippen molar-refractivity contribution < 1.29 is 18.7 Å². The minimum absolute atomic E-state index is 0.0221. The molecule has 7 heteroatoms. The number of nitrogens with zero attached hydrogens (tertiary/aromatic N) is 2. The van der Waals surface area contributed by atoms with Crippen LogP contribution in [0.2, 0.25) is 0 Å². The van der Waals surface area contributed by atoms with Gasteiger partial charge in [-0.15, -0.1) is 0 Å². The molecule has 2 aliphatic rings. The molecule has 1 saturated heterocycles. The first-order chi connectivity index (χ1) is 17.1.